The Balaban J connectivity index is 1.52. The van der Waals surface area contributed by atoms with Gasteiger partial charge in [0.05, 0.1) is 26.2 Å². The van der Waals surface area contributed by atoms with Crippen molar-refractivity contribution < 1.29 is 24.2 Å². The van der Waals surface area contributed by atoms with Gasteiger partial charge in [0.2, 0.25) is 5.91 Å². The first-order valence-corrected chi connectivity index (χ1v) is 14.8. The third kappa shape index (κ3) is 8.60. The van der Waals surface area contributed by atoms with Crippen molar-refractivity contribution in [2.24, 2.45) is 5.92 Å². The number of ether oxygens (including phenoxy) is 2. The number of rotatable bonds is 9. The van der Waals surface area contributed by atoms with Crippen LogP contribution in [0.4, 0.5) is 10.5 Å². The van der Waals surface area contributed by atoms with Crippen LogP contribution in [-0.4, -0.2) is 78.9 Å². The number of anilines is 1. The number of nitrogens with zero attached hydrogens (tertiary/aromatic N) is 2. The van der Waals surface area contributed by atoms with E-state index in [2.05, 4.69) is 41.6 Å². The Morgan fingerprint density at radius 3 is 2.59 bits per heavy atom. The summed E-state index contributed by atoms with van der Waals surface area (Å²) in [7, 11) is 3.72. The second-order valence-corrected chi connectivity index (χ2v) is 11.7. The molecule has 1 aliphatic carbocycles. The molecule has 3 atom stereocenters. The highest BCUT2D eigenvalue weighted by molar-refractivity contribution is 5.90. The van der Waals surface area contributed by atoms with E-state index >= 15 is 0 Å². The topological polar surface area (TPSA) is 103 Å². The number of nitrogens with one attached hydrogen (secondary N) is 2. The van der Waals surface area contributed by atoms with E-state index in [1.54, 1.807) is 12.0 Å². The maximum atomic E-state index is 13.5. The van der Waals surface area contributed by atoms with Gasteiger partial charge in [0.1, 0.15) is 17.6 Å². The van der Waals surface area contributed by atoms with Crippen LogP contribution in [0.25, 0.3) is 0 Å². The number of carbonyl (C=O) groups is 2. The fourth-order valence-electron chi connectivity index (χ4n) is 5.74. The minimum Gasteiger partial charge on any atom is -0.497 e. The van der Waals surface area contributed by atoms with E-state index in [1.165, 1.54) is 6.42 Å². The van der Waals surface area contributed by atoms with Gasteiger partial charge in [-0.2, -0.15) is 0 Å². The highest BCUT2D eigenvalue weighted by Gasteiger charge is 2.31. The van der Waals surface area contributed by atoms with Gasteiger partial charge in [0.15, 0.2) is 0 Å². The van der Waals surface area contributed by atoms with Crippen LogP contribution < -0.4 is 20.1 Å². The average Bonchev–Trinajstić information content (AvgIpc) is 3.01. The first-order valence-electron chi connectivity index (χ1n) is 14.8. The van der Waals surface area contributed by atoms with Gasteiger partial charge >= 0.3 is 6.03 Å². The molecule has 224 valence electrons. The molecule has 41 heavy (non-hydrogen) atoms. The van der Waals surface area contributed by atoms with Crippen molar-refractivity contribution in [3.63, 3.8) is 0 Å². The van der Waals surface area contributed by atoms with Gasteiger partial charge in [-0.15, -0.1) is 0 Å². The van der Waals surface area contributed by atoms with Crippen molar-refractivity contribution in [2.45, 2.75) is 77.1 Å². The van der Waals surface area contributed by atoms with Gasteiger partial charge in [0.25, 0.3) is 0 Å². The highest BCUT2D eigenvalue weighted by atomic mass is 16.5. The number of amides is 3. The number of methoxy groups -OCH3 is 1. The number of aliphatic hydroxyl groups excluding tert-OH is 1. The lowest BCUT2D eigenvalue weighted by Gasteiger charge is -2.34. The molecule has 0 radical (unpaired) electrons. The summed E-state index contributed by atoms with van der Waals surface area (Å²) in [5.41, 5.74) is 2.51. The van der Waals surface area contributed by atoms with E-state index in [4.69, 9.17) is 9.47 Å². The van der Waals surface area contributed by atoms with Crippen molar-refractivity contribution in [1.29, 1.82) is 0 Å². The summed E-state index contributed by atoms with van der Waals surface area (Å²) in [5.74, 6) is 1.41. The first-order chi connectivity index (χ1) is 19.7. The zero-order valence-electron chi connectivity index (χ0n) is 24.9. The molecule has 0 unspecified atom stereocenters. The Morgan fingerprint density at radius 1 is 1.17 bits per heavy atom. The summed E-state index contributed by atoms with van der Waals surface area (Å²) in [4.78, 5) is 30.2. The normalized spacial score (nSPS) is 20.7. The number of carbonyl (C=O) groups excluding carboxylic acids is 2. The Morgan fingerprint density at radius 2 is 1.90 bits per heavy atom. The van der Waals surface area contributed by atoms with Crippen LogP contribution in [0.15, 0.2) is 42.5 Å². The maximum absolute atomic E-state index is 13.5. The van der Waals surface area contributed by atoms with Gasteiger partial charge in [0, 0.05) is 42.8 Å². The molecule has 2 aromatic carbocycles. The van der Waals surface area contributed by atoms with E-state index in [-0.39, 0.29) is 49.1 Å². The molecule has 1 heterocycles. The number of hydrogen-bond acceptors (Lipinski definition) is 6. The van der Waals surface area contributed by atoms with Gasteiger partial charge < -0.3 is 30.1 Å². The molecule has 3 amide bonds. The fraction of sp³-hybridized carbons (Fsp3) is 0.562. The maximum Gasteiger partial charge on any atom is 0.319 e. The van der Waals surface area contributed by atoms with Crippen molar-refractivity contribution in [2.75, 3.05) is 39.2 Å². The quantitative estimate of drug-likeness (QED) is 0.415. The minimum absolute atomic E-state index is 0.0105. The molecule has 4 rings (SSSR count). The average molecular weight is 567 g/mol. The third-order valence-electron chi connectivity index (χ3n) is 8.22. The Hall–Kier alpha value is -3.30. The monoisotopic (exact) mass is 566 g/mol. The predicted octanol–water partition coefficient (Wildman–Crippen LogP) is 4.43. The van der Waals surface area contributed by atoms with Crippen molar-refractivity contribution >= 4 is 17.6 Å². The molecule has 0 aromatic heterocycles. The van der Waals surface area contributed by atoms with Crippen LogP contribution in [-0.2, 0) is 17.8 Å². The number of likely N-dealkylation sites (N-methyl/N-ethyl adjacent to an activating group) is 1. The molecular formula is C32H46N4O5. The largest absolute Gasteiger partial charge is 0.497 e. The number of fused-ring (bicyclic) bond motifs is 1. The molecular weight excluding hydrogens is 520 g/mol. The van der Waals surface area contributed by atoms with E-state index < -0.39 is 0 Å². The number of urea groups is 1. The smallest absolute Gasteiger partial charge is 0.319 e. The molecule has 1 fully saturated rings. The van der Waals surface area contributed by atoms with Crippen molar-refractivity contribution in [3.8, 4) is 11.5 Å². The second kappa shape index (κ2) is 14.5. The zero-order chi connectivity index (χ0) is 29.4. The van der Waals surface area contributed by atoms with E-state index in [9.17, 15) is 14.7 Å². The summed E-state index contributed by atoms with van der Waals surface area (Å²) >= 11 is 0. The molecule has 3 N–H and O–H groups in total. The molecule has 2 aliphatic rings. The lowest BCUT2D eigenvalue weighted by atomic mass is 9.96. The van der Waals surface area contributed by atoms with Crippen molar-refractivity contribution in [3.05, 3.63) is 53.6 Å². The Kier molecular flexibility index (Phi) is 10.9. The molecule has 0 bridgehead atoms. The van der Waals surface area contributed by atoms with Gasteiger partial charge in [-0.25, -0.2) is 4.79 Å². The third-order valence-corrected chi connectivity index (χ3v) is 8.22. The predicted molar refractivity (Wildman–Crippen MR) is 160 cm³/mol. The van der Waals surface area contributed by atoms with Crippen LogP contribution in [0, 0.1) is 5.92 Å². The molecule has 1 aliphatic heterocycles. The lowest BCUT2D eigenvalue weighted by molar-refractivity contribution is -0.134. The molecule has 9 nitrogen and oxygen atoms in total. The molecule has 9 heteroatoms. The summed E-state index contributed by atoms with van der Waals surface area (Å²) in [6.07, 6.45) is 5.44. The van der Waals surface area contributed by atoms with Crippen LogP contribution in [0.3, 0.4) is 0 Å². The van der Waals surface area contributed by atoms with Crippen molar-refractivity contribution in [1.82, 2.24) is 15.1 Å². The highest BCUT2D eigenvalue weighted by Crippen LogP contribution is 2.29. The lowest BCUT2D eigenvalue weighted by Crippen LogP contribution is -2.47. The van der Waals surface area contributed by atoms with Crippen LogP contribution >= 0.6 is 0 Å². The first kappa shape index (κ1) is 30.7. The summed E-state index contributed by atoms with van der Waals surface area (Å²) in [5, 5.41) is 15.9. The standard InChI is InChI=1S/C32H46N4O5/c1-22-18-36(23(2)21-37)31(38)17-25-16-27(34-32(39)33-26-8-6-5-7-9-26)12-15-29(25)41-30(22)20-35(3)19-24-10-13-28(40-4)14-11-24/h10-16,22-23,26,30,37H,5-9,17-21H2,1-4H3,(H2,33,34,39)/t22-,23+,30-/m0/s1. The Bertz CT molecular complexity index is 1150. The second-order valence-electron chi connectivity index (χ2n) is 11.7. The SMILES string of the molecule is COc1ccc(CN(C)C[C@@H]2Oc3ccc(NC(=O)NC4CCCCC4)cc3CC(=O)N([C@H](C)CO)C[C@@H]2C)cc1. The molecule has 0 saturated heterocycles. The van der Waals surface area contributed by atoms with Gasteiger partial charge in [-0.3, -0.25) is 9.69 Å². The van der Waals surface area contributed by atoms with Gasteiger partial charge in [-0.1, -0.05) is 38.3 Å². The number of benzene rings is 2. The minimum atomic E-state index is -0.313. The number of hydrogen-bond donors (Lipinski definition) is 3. The van der Waals surface area contributed by atoms with Crippen LogP contribution in [0.5, 0.6) is 11.5 Å². The van der Waals surface area contributed by atoms with E-state index in [0.717, 1.165) is 49.1 Å². The van der Waals surface area contributed by atoms with Crippen LogP contribution in [0.1, 0.15) is 57.1 Å². The van der Waals surface area contributed by atoms with E-state index in [0.29, 0.717) is 24.5 Å². The summed E-state index contributed by atoms with van der Waals surface area (Å²) in [6, 6.07) is 13.2. The number of aliphatic hydroxyl groups is 1. The zero-order valence-corrected chi connectivity index (χ0v) is 24.9. The Labute approximate surface area is 244 Å². The molecule has 0 spiro atoms. The van der Waals surface area contributed by atoms with Crippen LogP contribution in [0.2, 0.25) is 0 Å². The summed E-state index contributed by atoms with van der Waals surface area (Å²) < 4.78 is 11.9. The summed E-state index contributed by atoms with van der Waals surface area (Å²) in [6.45, 7) is 5.70. The fourth-order valence-corrected chi connectivity index (χ4v) is 5.74. The molecule has 1 saturated carbocycles. The molecule has 2 aromatic rings. The van der Waals surface area contributed by atoms with Gasteiger partial charge in [-0.05, 0) is 62.7 Å². The van der Waals surface area contributed by atoms with E-state index in [1.807, 2.05) is 37.3 Å².